The van der Waals surface area contributed by atoms with Crippen LogP contribution in [0.4, 0.5) is 5.69 Å². The molecule has 1 aromatic heterocycles. The van der Waals surface area contributed by atoms with E-state index < -0.39 is 0 Å². The van der Waals surface area contributed by atoms with E-state index in [0.717, 1.165) is 16.6 Å². The first-order valence-corrected chi connectivity index (χ1v) is 6.85. The maximum atomic E-state index is 12.4. The normalized spacial score (nSPS) is 11.7. The molecule has 4 nitrogen and oxygen atoms in total. The first-order valence-electron chi connectivity index (χ1n) is 6.85. The van der Waals surface area contributed by atoms with Gasteiger partial charge in [0.25, 0.3) is 5.43 Å². The summed E-state index contributed by atoms with van der Waals surface area (Å²) in [6.45, 7) is 6.24. The molecule has 0 fully saturated rings. The van der Waals surface area contributed by atoms with Crippen molar-refractivity contribution in [2.75, 3.05) is 0 Å². The van der Waals surface area contributed by atoms with Gasteiger partial charge in [-0.1, -0.05) is 26.8 Å². The third kappa shape index (κ3) is 2.07. The Hall–Kier alpha value is -2.67. The molecule has 104 valence electrons. The Bertz CT molecular complexity index is 910. The lowest BCUT2D eigenvalue weighted by atomic mass is 9.81. The number of hydrogen-bond donors (Lipinski definition) is 0. The molecule has 0 aromatic carbocycles. The average molecular weight is 278 g/mol. The Morgan fingerprint density at radius 1 is 1.14 bits per heavy atom. The monoisotopic (exact) mass is 278 g/mol. The van der Waals surface area contributed by atoms with Crippen molar-refractivity contribution in [3.05, 3.63) is 63.5 Å². The summed E-state index contributed by atoms with van der Waals surface area (Å²) in [6.07, 6.45) is 3.70. The summed E-state index contributed by atoms with van der Waals surface area (Å²) in [4.78, 5) is 15.6. The van der Waals surface area contributed by atoms with Gasteiger partial charge in [0, 0.05) is 24.0 Å². The molecule has 0 saturated carbocycles. The van der Waals surface area contributed by atoms with Gasteiger partial charge >= 0.3 is 5.69 Å². The van der Waals surface area contributed by atoms with Gasteiger partial charge in [0.05, 0.1) is 5.56 Å². The highest BCUT2D eigenvalue weighted by Gasteiger charge is 2.28. The number of nitrogens with zero attached hydrogens (tertiary/aromatic N) is 3. The van der Waals surface area contributed by atoms with Crippen LogP contribution in [0.1, 0.15) is 26.3 Å². The molecular formula is C17H16N3O+. The van der Waals surface area contributed by atoms with Crippen LogP contribution in [0.5, 0.6) is 0 Å². The third-order valence-electron chi connectivity index (χ3n) is 3.74. The van der Waals surface area contributed by atoms with Gasteiger partial charge in [-0.05, 0) is 34.7 Å². The highest BCUT2D eigenvalue weighted by Crippen LogP contribution is 2.35. The van der Waals surface area contributed by atoms with E-state index >= 15 is 0 Å². The fourth-order valence-electron chi connectivity index (χ4n) is 2.66. The van der Waals surface area contributed by atoms with Gasteiger partial charge < -0.3 is 4.40 Å². The van der Waals surface area contributed by atoms with Crippen LogP contribution in [0.25, 0.3) is 21.6 Å². The van der Waals surface area contributed by atoms with Crippen LogP contribution in [0.15, 0.2) is 47.5 Å². The number of pyridine rings is 2. The Morgan fingerprint density at radius 2 is 1.90 bits per heavy atom. The quantitative estimate of drug-likeness (QED) is 0.457. The smallest absolute Gasteiger partial charge is 0.323 e. The maximum absolute atomic E-state index is 12.4. The molecule has 2 aliphatic rings. The topological polar surface area (TPSA) is 49.6 Å². The molecule has 1 aromatic rings. The minimum Gasteiger partial charge on any atom is -0.323 e. The summed E-state index contributed by atoms with van der Waals surface area (Å²) < 4.78 is 1.90. The van der Waals surface area contributed by atoms with E-state index in [1.54, 1.807) is 12.3 Å². The van der Waals surface area contributed by atoms with E-state index in [2.05, 4.69) is 25.7 Å². The molecule has 1 aliphatic carbocycles. The standard InChI is InChI=1S/C17H16N3O/c1-17(2,3)14-9-15(19-18)16(21)13-10-20-7-5-4-6-11(20)8-12(13)14/h4-10H,1-3H3/q+1. The molecule has 0 unspecified atom stereocenters. The van der Waals surface area contributed by atoms with E-state index in [9.17, 15) is 4.79 Å². The lowest BCUT2D eigenvalue weighted by Crippen LogP contribution is -2.18. The van der Waals surface area contributed by atoms with E-state index in [1.807, 2.05) is 34.9 Å². The van der Waals surface area contributed by atoms with Crippen molar-refractivity contribution < 1.29 is 0 Å². The lowest BCUT2D eigenvalue weighted by molar-refractivity contribution is 0.592. The molecule has 0 N–H and O–H groups in total. The largest absolute Gasteiger partial charge is 0.432 e. The molecule has 0 spiro atoms. The molecule has 0 radical (unpaired) electrons. The molecule has 4 heteroatoms. The lowest BCUT2D eigenvalue weighted by Gasteiger charge is -2.23. The fourth-order valence-corrected chi connectivity index (χ4v) is 2.66. The number of hydrogen-bond acceptors (Lipinski definition) is 2. The highest BCUT2D eigenvalue weighted by molar-refractivity contribution is 5.78. The number of benzene rings is 1. The molecule has 1 aliphatic heterocycles. The van der Waals surface area contributed by atoms with E-state index in [1.165, 1.54) is 0 Å². The van der Waals surface area contributed by atoms with Gasteiger partial charge in [-0.2, -0.15) is 0 Å². The van der Waals surface area contributed by atoms with Crippen molar-refractivity contribution in [3.8, 4) is 11.1 Å². The highest BCUT2D eigenvalue weighted by atomic mass is 16.1. The Kier molecular flexibility index (Phi) is 2.80. The van der Waals surface area contributed by atoms with Crippen molar-refractivity contribution in [1.29, 1.82) is 5.39 Å². The van der Waals surface area contributed by atoms with Crippen LogP contribution in [-0.4, -0.2) is 4.40 Å². The molecular weight excluding hydrogens is 262 g/mol. The summed E-state index contributed by atoms with van der Waals surface area (Å²) in [5.41, 5.74) is 3.17. The van der Waals surface area contributed by atoms with Crippen LogP contribution in [0, 0.1) is 5.39 Å². The zero-order valence-corrected chi connectivity index (χ0v) is 12.3. The van der Waals surface area contributed by atoms with Crippen molar-refractivity contribution in [3.63, 3.8) is 0 Å². The number of diazo groups is 1. The number of rotatable bonds is 0. The minimum absolute atomic E-state index is 0.0864. The summed E-state index contributed by atoms with van der Waals surface area (Å²) in [7, 11) is 0. The van der Waals surface area contributed by atoms with E-state index in [0.29, 0.717) is 5.56 Å². The van der Waals surface area contributed by atoms with Gasteiger partial charge in [0.15, 0.2) is 4.98 Å². The second-order valence-corrected chi connectivity index (χ2v) is 6.26. The Morgan fingerprint density at radius 3 is 2.57 bits per heavy atom. The molecule has 0 saturated heterocycles. The second-order valence-electron chi connectivity index (χ2n) is 6.26. The number of fused-ring (bicyclic) bond motifs is 2. The van der Waals surface area contributed by atoms with E-state index in [4.69, 9.17) is 5.39 Å². The Labute approximate surface area is 122 Å². The number of aromatic nitrogens is 1. The van der Waals surface area contributed by atoms with Gasteiger partial charge in [-0.3, -0.25) is 4.79 Å². The van der Waals surface area contributed by atoms with Crippen LogP contribution in [0.2, 0.25) is 0 Å². The van der Waals surface area contributed by atoms with Crippen molar-refractivity contribution in [1.82, 2.24) is 4.40 Å². The zero-order chi connectivity index (χ0) is 15.2. The molecule has 3 rings (SSSR count). The second kappa shape index (κ2) is 4.42. The summed E-state index contributed by atoms with van der Waals surface area (Å²) in [5.74, 6) is 0. The van der Waals surface area contributed by atoms with Crippen LogP contribution in [-0.2, 0) is 5.41 Å². The minimum atomic E-state index is -0.251. The summed E-state index contributed by atoms with van der Waals surface area (Å²) in [5, 5.41) is 9.10. The molecule has 0 atom stereocenters. The first-order chi connectivity index (χ1) is 9.91. The predicted octanol–water partition coefficient (Wildman–Crippen LogP) is 4.19. The van der Waals surface area contributed by atoms with E-state index in [-0.39, 0.29) is 16.5 Å². The summed E-state index contributed by atoms with van der Waals surface area (Å²) >= 11 is 0. The first kappa shape index (κ1) is 13.3. The summed E-state index contributed by atoms with van der Waals surface area (Å²) in [6, 6.07) is 9.57. The molecule has 0 amide bonds. The third-order valence-corrected chi connectivity index (χ3v) is 3.74. The molecule has 21 heavy (non-hydrogen) atoms. The maximum Gasteiger partial charge on any atom is 0.432 e. The molecule has 0 bridgehead atoms. The van der Waals surface area contributed by atoms with Crippen LogP contribution < -0.4 is 5.43 Å². The van der Waals surface area contributed by atoms with Gasteiger partial charge in [0.2, 0.25) is 5.39 Å². The van der Waals surface area contributed by atoms with Crippen molar-refractivity contribution in [2.45, 2.75) is 26.2 Å². The van der Waals surface area contributed by atoms with Gasteiger partial charge in [0.1, 0.15) is 0 Å². The van der Waals surface area contributed by atoms with Crippen molar-refractivity contribution >= 4 is 11.2 Å². The Balaban J connectivity index is 2.54. The predicted molar refractivity (Wildman–Crippen MR) is 83.7 cm³/mol. The molecule has 2 heterocycles. The SMILES string of the molecule is CC(C)(C)c1cc([N+]#N)c(=O)c2cn3ccccc3cc1-2. The van der Waals surface area contributed by atoms with Gasteiger partial charge in [-0.15, -0.1) is 0 Å². The fraction of sp³-hybridized carbons (Fsp3) is 0.235. The zero-order valence-electron chi connectivity index (χ0n) is 12.3. The van der Waals surface area contributed by atoms with Crippen molar-refractivity contribution in [2.24, 2.45) is 0 Å². The average Bonchev–Trinajstić information content (AvgIpc) is 2.45. The van der Waals surface area contributed by atoms with Crippen LogP contribution >= 0.6 is 0 Å². The van der Waals surface area contributed by atoms with Crippen LogP contribution in [0.3, 0.4) is 0 Å². The van der Waals surface area contributed by atoms with Gasteiger partial charge in [-0.25, -0.2) is 0 Å².